The minimum atomic E-state index is -0.310. The molecule has 0 spiro atoms. The van der Waals surface area contributed by atoms with Crippen LogP contribution in [-0.2, 0) is 11.3 Å². The molecular formula is C15H21N3O3. The Morgan fingerprint density at radius 2 is 1.90 bits per heavy atom. The van der Waals surface area contributed by atoms with Crippen LogP contribution in [0.2, 0.25) is 0 Å². The van der Waals surface area contributed by atoms with Crippen molar-refractivity contribution in [2.75, 3.05) is 26.2 Å². The summed E-state index contributed by atoms with van der Waals surface area (Å²) in [7, 11) is 0. The van der Waals surface area contributed by atoms with E-state index in [0.29, 0.717) is 19.6 Å². The molecule has 2 rings (SSSR count). The summed E-state index contributed by atoms with van der Waals surface area (Å²) in [5.41, 5.74) is 0.629. The Hall–Kier alpha value is -1.95. The third kappa shape index (κ3) is 3.58. The smallest absolute Gasteiger partial charge is 0.261 e. The number of rotatable bonds is 4. The van der Waals surface area contributed by atoms with Gasteiger partial charge in [-0.3, -0.25) is 14.4 Å². The van der Waals surface area contributed by atoms with Crippen molar-refractivity contribution in [1.29, 1.82) is 0 Å². The lowest BCUT2D eigenvalue weighted by molar-refractivity contribution is -0.132. The first-order valence-electron chi connectivity index (χ1n) is 7.20. The minimum Gasteiger partial charge on any atom is -0.340 e. The van der Waals surface area contributed by atoms with Crippen LogP contribution < -0.4 is 10.9 Å². The van der Waals surface area contributed by atoms with E-state index in [0.717, 1.165) is 18.8 Å². The number of piperazine rings is 1. The van der Waals surface area contributed by atoms with Gasteiger partial charge in [-0.2, -0.15) is 0 Å². The van der Waals surface area contributed by atoms with Gasteiger partial charge < -0.3 is 14.8 Å². The summed E-state index contributed by atoms with van der Waals surface area (Å²) in [5.74, 6) is -0.196. The normalized spacial score (nSPS) is 15.0. The number of hydrogen-bond donors (Lipinski definition) is 1. The summed E-state index contributed by atoms with van der Waals surface area (Å²) in [4.78, 5) is 37.6. The van der Waals surface area contributed by atoms with Crippen LogP contribution in [0.4, 0.5) is 0 Å². The van der Waals surface area contributed by atoms with Crippen molar-refractivity contribution in [3.05, 3.63) is 33.7 Å². The molecule has 1 aliphatic heterocycles. The maximum Gasteiger partial charge on any atom is 0.261 e. The molecule has 1 fully saturated rings. The molecule has 6 nitrogen and oxygen atoms in total. The van der Waals surface area contributed by atoms with Crippen LogP contribution in [0.3, 0.4) is 0 Å². The highest BCUT2D eigenvalue weighted by Gasteiger charge is 2.17. The summed E-state index contributed by atoms with van der Waals surface area (Å²) < 4.78 is 1.51. The molecule has 0 radical (unpaired) electrons. The van der Waals surface area contributed by atoms with E-state index in [9.17, 15) is 14.4 Å². The van der Waals surface area contributed by atoms with E-state index in [1.54, 1.807) is 19.1 Å². The predicted molar refractivity (Wildman–Crippen MR) is 79.5 cm³/mol. The predicted octanol–water partition coefficient (Wildman–Crippen LogP) is 0.181. The topological polar surface area (TPSA) is 71.4 Å². The molecule has 1 saturated heterocycles. The molecule has 1 aromatic rings. The van der Waals surface area contributed by atoms with E-state index in [1.165, 1.54) is 11.5 Å². The molecule has 21 heavy (non-hydrogen) atoms. The number of amides is 1. The zero-order chi connectivity index (χ0) is 15.4. The Labute approximate surface area is 123 Å². The molecule has 1 aliphatic rings. The number of Topliss-reactive ketones (excluding diaryl/α,β-unsaturated/α-hetero) is 1. The van der Waals surface area contributed by atoms with Crippen LogP contribution in [0.5, 0.6) is 0 Å². The van der Waals surface area contributed by atoms with Crippen molar-refractivity contribution in [2.24, 2.45) is 0 Å². The second-order valence-corrected chi connectivity index (χ2v) is 5.28. The van der Waals surface area contributed by atoms with Crippen molar-refractivity contribution in [1.82, 2.24) is 14.8 Å². The quantitative estimate of drug-likeness (QED) is 0.803. The highest BCUT2D eigenvalue weighted by atomic mass is 16.2. The Morgan fingerprint density at radius 3 is 2.52 bits per heavy atom. The van der Waals surface area contributed by atoms with Gasteiger partial charge >= 0.3 is 0 Å². The van der Waals surface area contributed by atoms with Crippen LogP contribution in [0.25, 0.3) is 0 Å². The van der Waals surface area contributed by atoms with Crippen LogP contribution >= 0.6 is 0 Å². The lowest BCUT2D eigenvalue weighted by Crippen LogP contribution is -2.46. The maximum atomic E-state index is 12.2. The van der Waals surface area contributed by atoms with Crippen molar-refractivity contribution >= 4 is 11.7 Å². The number of hydrogen-bond acceptors (Lipinski definition) is 4. The third-order valence-corrected chi connectivity index (χ3v) is 3.79. The van der Waals surface area contributed by atoms with Gasteiger partial charge in [0.25, 0.3) is 5.56 Å². The Balaban J connectivity index is 2.09. The van der Waals surface area contributed by atoms with Gasteiger partial charge in [-0.25, -0.2) is 0 Å². The summed E-state index contributed by atoms with van der Waals surface area (Å²) in [6.45, 7) is 6.53. The first-order chi connectivity index (χ1) is 10.0. The number of aryl methyl sites for hydroxylation is 1. The highest BCUT2D eigenvalue weighted by molar-refractivity contribution is 5.93. The van der Waals surface area contributed by atoms with Gasteiger partial charge in [0.05, 0.1) is 5.56 Å². The van der Waals surface area contributed by atoms with E-state index in [4.69, 9.17) is 0 Å². The molecule has 0 unspecified atom stereocenters. The maximum absolute atomic E-state index is 12.2. The van der Waals surface area contributed by atoms with Crippen molar-refractivity contribution in [3.63, 3.8) is 0 Å². The molecule has 0 bridgehead atoms. The summed E-state index contributed by atoms with van der Waals surface area (Å²) in [5, 5.41) is 3.19. The number of ketones is 1. The molecule has 1 amide bonds. The summed E-state index contributed by atoms with van der Waals surface area (Å²) in [6.07, 6.45) is 0.280. The third-order valence-electron chi connectivity index (χ3n) is 3.79. The number of aromatic nitrogens is 1. The van der Waals surface area contributed by atoms with E-state index >= 15 is 0 Å². The molecule has 0 aromatic carbocycles. The average Bonchev–Trinajstić information content (AvgIpc) is 2.47. The van der Waals surface area contributed by atoms with Gasteiger partial charge in [-0.15, -0.1) is 0 Å². The van der Waals surface area contributed by atoms with Crippen molar-refractivity contribution < 1.29 is 9.59 Å². The molecular weight excluding hydrogens is 270 g/mol. The fourth-order valence-corrected chi connectivity index (χ4v) is 2.50. The molecule has 114 valence electrons. The Morgan fingerprint density at radius 1 is 1.24 bits per heavy atom. The van der Waals surface area contributed by atoms with Gasteiger partial charge in [-0.1, -0.05) is 0 Å². The van der Waals surface area contributed by atoms with E-state index in [-0.39, 0.29) is 29.2 Å². The van der Waals surface area contributed by atoms with Crippen molar-refractivity contribution in [3.8, 4) is 0 Å². The summed E-state index contributed by atoms with van der Waals surface area (Å²) in [6, 6.07) is 3.29. The lowest BCUT2D eigenvalue weighted by Gasteiger charge is -2.27. The zero-order valence-corrected chi connectivity index (χ0v) is 12.5. The summed E-state index contributed by atoms with van der Waals surface area (Å²) >= 11 is 0. The fraction of sp³-hybridized carbons (Fsp3) is 0.533. The molecule has 1 aromatic heterocycles. The fourth-order valence-electron chi connectivity index (χ4n) is 2.50. The molecule has 6 heteroatoms. The van der Waals surface area contributed by atoms with E-state index < -0.39 is 0 Å². The molecule has 0 atom stereocenters. The van der Waals surface area contributed by atoms with Crippen LogP contribution in [0.15, 0.2) is 16.9 Å². The zero-order valence-electron chi connectivity index (χ0n) is 12.5. The van der Waals surface area contributed by atoms with Gasteiger partial charge in [0.2, 0.25) is 5.91 Å². The number of pyridine rings is 1. The highest BCUT2D eigenvalue weighted by Crippen LogP contribution is 2.03. The second kappa shape index (κ2) is 6.67. The minimum absolute atomic E-state index is 0.0519. The number of nitrogens with one attached hydrogen (secondary N) is 1. The molecule has 2 heterocycles. The van der Waals surface area contributed by atoms with Crippen LogP contribution in [-0.4, -0.2) is 47.3 Å². The Bertz CT molecular complexity index is 601. The van der Waals surface area contributed by atoms with Gasteiger partial charge in [-0.05, 0) is 26.0 Å². The van der Waals surface area contributed by atoms with Crippen LogP contribution in [0.1, 0.15) is 29.4 Å². The second-order valence-electron chi connectivity index (χ2n) is 5.28. The van der Waals surface area contributed by atoms with Crippen molar-refractivity contribution in [2.45, 2.75) is 26.8 Å². The van der Waals surface area contributed by atoms with Gasteiger partial charge in [0.15, 0.2) is 5.78 Å². The van der Waals surface area contributed by atoms with E-state index in [2.05, 4.69) is 5.32 Å². The lowest BCUT2D eigenvalue weighted by atomic mass is 10.2. The standard InChI is InChI=1S/C15H21N3O3/c1-11-3-4-13(12(2)19)15(21)18(11)8-5-14(20)17-9-6-16-7-10-17/h3-4,16H,5-10H2,1-2H3. The first-order valence-corrected chi connectivity index (χ1v) is 7.20. The SMILES string of the molecule is CC(=O)c1ccc(C)n(CCC(=O)N2CCNCC2)c1=O. The van der Waals surface area contributed by atoms with E-state index in [1.807, 2.05) is 4.90 Å². The average molecular weight is 291 g/mol. The molecule has 0 saturated carbocycles. The number of carbonyl (C=O) groups is 2. The largest absolute Gasteiger partial charge is 0.340 e. The van der Waals surface area contributed by atoms with Crippen LogP contribution in [0, 0.1) is 6.92 Å². The monoisotopic (exact) mass is 291 g/mol. The molecule has 0 aliphatic carbocycles. The number of nitrogens with zero attached hydrogens (tertiary/aromatic N) is 2. The first kappa shape index (κ1) is 15.4. The van der Waals surface area contributed by atoms with Gasteiger partial charge in [0, 0.05) is 44.8 Å². The molecule has 1 N–H and O–H groups in total. The van der Waals surface area contributed by atoms with Gasteiger partial charge in [0.1, 0.15) is 0 Å². The Kier molecular flexibility index (Phi) is 4.90. The number of carbonyl (C=O) groups excluding carboxylic acids is 2.